The maximum Gasteiger partial charge on any atom is 0.179 e. The molecule has 0 bridgehead atoms. The van der Waals surface area contributed by atoms with Gasteiger partial charge in [0, 0.05) is 13.1 Å². The Hall–Kier alpha value is -0.930. The Balaban J connectivity index is 1.74. The molecule has 0 unspecified atom stereocenters. The molecular weight excluding hydrogens is 262 g/mol. The highest BCUT2D eigenvalue weighted by Crippen LogP contribution is 2.38. The van der Waals surface area contributed by atoms with Crippen LogP contribution in [0.15, 0.2) is 12.1 Å². The zero-order chi connectivity index (χ0) is 13.2. The Morgan fingerprint density at radius 1 is 1.26 bits per heavy atom. The van der Waals surface area contributed by atoms with Crippen molar-refractivity contribution >= 4 is 11.6 Å². The van der Waals surface area contributed by atoms with E-state index < -0.39 is 0 Å². The highest BCUT2D eigenvalue weighted by Gasteiger charge is 2.24. The van der Waals surface area contributed by atoms with Gasteiger partial charge in [0.25, 0.3) is 0 Å². The highest BCUT2D eigenvalue weighted by atomic mass is 35.5. The van der Waals surface area contributed by atoms with Crippen molar-refractivity contribution in [3.8, 4) is 11.5 Å². The first-order chi connectivity index (χ1) is 9.26. The number of hydrogen-bond acceptors (Lipinski definition) is 3. The molecule has 1 fully saturated rings. The maximum atomic E-state index is 6.27. The summed E-state index contributed by atoms with van der Waals surface area (Å²) in [5, 5.41) is 0.662. The second-order valence-corrected chi connectivity index (χ2v) is 5.78. The van der Waals surface area contributed by atoms with E-state index in [1.165, 1.54) is 24.9 Å². The minimum atomic E-state index is 0.578. The van der Waals surface area contributed by atoms with E-state index in [0.29, 0.717) is 24.0 Å². The Bertz CT molecular complexity index is 460. The van der Waals surface area contributed by atoms with Crippen molar-refractivity contribution in [2.24, 2.45) is 5.92 Å². The average Bonchev–Trinajstić information content (AvgIpc) is 3.22. The van der Waals surface area contributed by atoms with Crippen LogP contribution in [0, 0.1) is 5.92 Å². The van der Waals surface area contributed by atoms with Crippen LogP contribution >= 0.6 is 11.6 Å². The van der Waals surface area contributed by atoms with Crippen LogP contribution in [0.25, 0.3) is 0 Å². The summed E-state index contributed by atoms with van der Waals surface area (Å²) in [5.41, 5.74) is 1.21. The largest absolute Gasteiger partial charge is 0.486 e. The van der Waals surface area contributed by atoms with E-state index in [0.717, 1.165) is 24.8 Å². The Morgan fingerprint density at radius 2 is 2.05 bits per heavy atom. The zero-order valence-corrected chi connectivity index (χ0v) is 12.1. The molecule has 104 valence electrons. The summed E-state index contributed by atoms with van der Waals surface area (Å²) in [7, 11) is 0. The van der Waals surface area contributed by atoms with Crippen LogP contribution < -0.4 is 9.47 Å². The van der Waals surface area contributed by atoms with E-state index in [9.17, 15) is 0 Å². The van der Waals surface area contributed by atoms with E-state index >= 15 is 0 Å². The molecule has 1 aliphatic carbocycles. The summed E-state index contributed by atoms with van der Waals surface area (Å²) in [6.45, 7) is 6.59. The predicted octanol–water partition coefficient (Wildman–Crippen LogP) is 3.34. The van der Waals surface area contributed by atoms with Crippen LogP contribution in [0.3, 0.4) is 0 Å². The topological polar surface area (TPSA) is 21.7 Å². The standard InChI is InChI=1S/C15H20ClNO2/c1-2-17(9-11-3-4-11)10-12-7-13(16)15-14(8-12)18-5-6-19-15/h7-8,11H,2-6,9-10H2,1H3. The number of halogens is 1. The molecule has 0 N–H and O–H groups in total. The molecule has 1 aliphatic heterocycles. The van der Waals surface area contributed by atoms with E-state index in [1.807, 2.05) is 6.07 Å². The second kappa shape index (κ2) is 5.59. The lowest BCUT2D eigenvalue weighted by molar-refractivity contribution is 0.171. The van der Waals surface area contributed by atoms with E-state index in [2.05, 4.69) is 17.9 Å². The van der Waals surface area contributed by atoms with Gasteiger partial charge in [-0.25, -0.2) is 0 Å². The molecule has 0 amide bonds. The normalized spacial score (nSPS) is 17.8. The van der Waals surface area contributed by atoms with E-state index in [1.54, 1.807) is 0 Å². The van der Waals surface area contributed by atoms with Gasteiger partial charge in [0.15, 0.2) is 11.5 Å². The molecule has 0 radical (unpaired) electrons. The van der Waals surface area contributed by atoms with Crippen LogP contribution in [0.1, 0.15) is 25.3 Å². The van der Waals surface area contributed by atoms with Gasteiger partial charge in [-0.2, -0.15) is 0 Å². The monoisotopic (exact) mass is 281 g/mol. The van der Waals surface area contributed by atoms with Gasteiger partial charge in [0.2, 0.25) is 0 Å². The van der Waals surface area contributed by atoms with Crippen molar-refractivity contribution in [2.75, 3.05) is 26.3 Å². The summed E-state index contributed by atoms with van der Waals surface area (Å²) in [6.07, 6.45) is 2.77. The van der Waals surface area contributed by atoms with Gasteiger partial charge in [-0.15, -0.1) is 0 Å². The van der Waals surface area contributed by atoms with Crippen LogP contribution in [0.4, 0.5) is 0 Å². The molecule has 3 rings (SSSR count). The fourth-order valence-electron chi connectivity index (χ4n) is 2.48. The smallest absolute Gasteiger partial charge is 0.179 e. The molecule has 1 heterocycles. The Labute approximate surface area is 119 Å². The van der Waals surface area contributed by atoms with E-state index in [4.69, 9.17) is 21.1 Å². The molecule has 2 aliphatic rings. The maximum absolute atomic E-state index is 6.27. The lowest BCUT2D eigenvalue weighted by atomic mass is 10.1. The van der Waals surface area contributed by atoms with Crippen molar-refractivity contribution in [2.45, 2.75) is 26.3 Å². The van der Waals surface area contributed by atoms with Crippen molar-refractivity contribution in [3.63, 3.8) is 0 Å². The van der Waals surface area contributed by atoms with E-state index in [-0.39, 0.29) is 0 Å². The average molecular weight is 282 g/mol. The lowest BCUT2D eigenvalue weighted by Gasteiger charge is -2.23. The molecule has 1 aromatic carbocycles. The van der Waals surface area contributed by atoms with Crippen LogP contribution in [0.2, 0.25) is 5.02 Å². The third kappa shape index (κ3) is 3.15. The Kier molecular flexibility index (Phi) is 3.85. The molecule has 4 heteroatoms. The molecule has 0 aromatic heterocycles. The van der Waals surface area contributed by atoms with Crippen molar-refractivity contribution in [1.29, 1.82) is 0 Å². The van der Waals surface area contributed by atoms with Gasteiger partial charge < -0.3 is 9.47 Å². The quantitative estimate of drug-likeness (QED) is 0.826. The molecule has 1 saturated carbocycles. The molecule has 0 saturated heterocycles. The molecule has 19 heavy (non-hydrogen) atoms. The Morgan fingerprint density at radius 3 is 2.79 bits per heavy atom. The van der Waals surface area contributed by atoms with Gasteiger partial charge in [-0.05, 0) is 43.0 Å². The van der Waals surface area contributed by atoms with Gasteiger partial charge in [-0.3, -0.25) is 4.90 Å². The number of fused-ring (bicyclic) bond motifs is 1. The van der Waals surface area contributed by atoms with Crippen LogP contribution in [-0.2, 0) is 6.54 Å². The van der Waals surface area contributed by atoms with Crippen LogP contribution in [-0.4, -0.2) is 31.2 Å². The third-order valence-electron chi connectivity index (χ3n) is 3.72. The zero-order valence-electron chi connectivity index (χ0n) is 11.3. The van der Waals surface area contributed by atoms with Crippen molar-refractivity contribution < 1.29 is 9.47 Å². The molecule has 3 nitrogen and oxygen atoms in total. The molecular formula is C15H20ClNO2. The SMILES string of the molecule is CCN(Cc1cc(Cl)c2c(c1)OCCO2)CC1CC1. The van der Waals surface area contributed by atoms with Gasteiger partial charge in [-0.1, -0.05) is 18.5 Å². The van der Waals surface area contributed by atoms with Gasteiger partial charge in [0.05, 0.1) is 5.02 Å². The van der Waals surface area contributed by atoms with Crippen LogP contribution in [0.5, 0.6) is 11.5 Å². The molecule has 1 aromatic rings. The summed E-state index contributed by atoms with van der Waals surface area (Å²) < 4.78 is 11.2. The number of nitrogens with zero attached hydrogens (tertiary/aromatic N) is 1. The first kappa shape index (κ1) is 13.1. The number of hydrogen-bond donors (Lipinski definition) is 0. The number of benzene rings is 1. The molecule has 0 spiro atoms. The summed E-state index contributed by atoms with van der Waals surface area (Å²) in [4.78, 5) is 2.47. The number of rotatable bonds is 5. The summed E-state index contributed by atoms with van der Waals surface area (Å²) >= 11 is 6.27. The minimum Gasteiger partial charge on any atom is -0.486 e. The predicted molar refractivity (Wildman–Crippen MR) is 76.1 cm³/mol. The fraction of sp³-hybridized carbons (Fsp3) is 0.600. The number of ether oxygens (including phenoxy) is 2. The third-order valence-corrected chi connectivity index (χ3v) is 4.00. The van der Waals surface area contributed by atoms with Gasteiger partial charge >= 0.3 is 0 Å². The molecule has 0 atom stereocenters. The van der Waals surface area contributed by atoms with Gasteiger partial charge in [0.1, 0.15) is 13.2 Å². The first-order valence-electron chi connectivity index (χ1n) is 7.06. The first-order valence-corrected chi connectivity index (χ1v) is 7.44. The lowest BCUT2D eigenvalue weighted by Crippen LogP contribution is -2.25. The summed E-state index contributed by atoms with van der Waals surface area (Å²) in [6, 6.07) is 4.07. The van der Waals surface area contributed by atoms with Crippen molar-refractivity contribution in [3.05, 3.63) is 22.7 Å². The second-order valence-electron chi connectivity index (χ2n) is 5.37. The summed E-state index contributed by atoms with van der Waals surface area (Å²) in [5.74, 6) is 2.39. The minimum absolute atomic E-state index is 0.578. The highest BCUT2D eigenvalue weighted by molar-refractivity contribution is 6.32. The van der Waals surface area contributed by atoms with Crippen molar-refractivity contribution in [1.82, 2.24) is 4.90 Å². The fourth-order valence-corrected chi connectivity index (χ4v) is 2.77.